The van der Waals surface area contributed by atoms with Crippen LogP contribution in [0.3, 0.4) is 0 Å². The number of carbonyl (C=O) groups is 1. The average molecular weight is 340 g/mol. The van der Waals surface area contributed by atoms with Gasteiger partial charge in [0, 0.05) is 6.20 Å². The molecule has 0 amide bonds. The summed E-state index contributed by atoms with van der Waals surface area (Å²) in [6, 6.07) is 9.18. The third-order valence-electron chi connectivity index (χ3n) is 4.44. The highest BCUT2D eigenvalue weighted by Gasteiger charge is 2.34. The molecule has 1 aromatic carbocycles. The molecule has 1 aromatic heterocycles. The summed E-state index contributed by atoms with van der Waals surface area (Å²) in [6.07, 6.45) is 2.65. The van der Waals surface area contributed by atoms with Gasteiger partial charge < -0.3 is 24.4 Å². The molecule has 8 heteroatoms. The molecule has 0 bridgehead atoms. The Morgan fingerprint density at radius 3 is 2.88 bits per heavy atom. The number of hydrogen-bond donors (Lipinski definition) is 2. The summed E-state index contributed by atoms with van der Waals surface area (Å²) >= 11 is 0. The van der Waals surface area contributed by atoms with Crippen LogP contribution in [0.4, 0.5) is 5.82 Å². The Kier molecular flexibility index (Phi) is 3.97. The number of hydrogen-bond acceptors (Lipinski definition) is 6. The van der Waals surface area contributed by atoms with Crippen molar-refractivity contribution >= 4 is 18.9 Å². The summed E-state index contributed by atoms with van der Waals surface area (Å²) < 4.78 is 11.2. The number of aromatic carboxylic acids is 1. The lowest BCUT2D eigenvalue weighted by Crippen LogP contribution is -2.54. The van der Waals surface area contributed by atoms with Crippen molar-refractivity contribution in [1.82, 2.24) is 4.98 Å². The van der Waals surface area contributed by atoms with E-state index >= 15 is 0 Å². The SMILES string of the molecule is O=C(O)c1c(OC2CN(c3ccccn3)C2)ccc2c1OB(O)CC2. The van der Waals surface area contributed by atoms with Crippen LogP contribution in [0.5, 0.6) is 11.5 Å². The van der Waals surface area contributed by atoms with Crippen LogP contribution >= 0.6 is 0 Å². The molecule has 2 aliphatic heterocycles. The molecule has 0 saturated carbocycles. The lowest BCUT2D eigenvalue weighted by Gasteiger charge is -2.40. The minimum Gasteiger partial charge on any atom is -0.535 e. The molecular weight excluding hydrogens is 323 g/mol. The normalized spacial score (nSPS) is 16.7. The summed E-state index contributed by atoms with van der Waals surface area (Å²) in [6.45, 7) is 1.27. The molecule has 7 nitrogen and oxygen atoms in total. The zero-order chi connectivity index (χ0) is 17.4. The fourth-order valence-electron chi connectivity index (χ4n) is 3.13. The number of carboxylic acids is 1. The van der Waals surface area contributed by atoms with Gasteiger partial charge in [-0.05, 0) is 36.5 Å². The predicted octanol–water partition coefficient (Wildman–Crippen LogP) is 1.46. The first-order valence-corrected chi connectivity index (χ1v) is 8.18. The van der Waals surface area contributed by atoms with Gasteiger partial charge in [-0.25, -0.2) is 9.78 Å². The van der Waals surface area contributed by atoms with Gasteiger partial charge in [0.15, 0.2) is 0 Å². The fourth-order valence-corrected chi connectivity index (χ4v) is 3.13. The van der Waals surface area contributed by atoms with Gasteiger partial charge in [0.2, 0.25) is 0 Å². The van der Waals surface area contributed by atoms with E-state index in [2.05, 4.69) is 9.88 Å². The molecule has 1 fully saturated rings. The molecule has 0 atom stereocenters. The second kappa shape index (κ2) is 6.29. The molecule has 25 heavy (non-hydrogen) atoms. The van der Waals surface area contributed by atoms with Gasteiger partial charge >= 0.3 is 13.1 Å². The Morgan fingerprint density at radius 1 is 1.32 bits per heavy atom. The topological polar surface area (TPSA) is 92.1 Å². The number of anilines is 1. The highest BCUT2D eigenvalue weighted by molar-refractivity contribution is 6.44. The number of carboxylic acid groups (broad SMARTS) is 1. The molecule has 2 N–H and O–H groups in total. The highest BCUT2D eigenvalue weighted by atomic mass is 16.5. The van der Waals surface area contributed by atoms with E-state index in [1.807, 2.05) is 18.2 Å². The van der Waals surface area contributed by atoms with Crippen molar-refractivity contribution in [2.24, 2.45) is 0 Å². The van der Waals surface area contributed by atoms with Crippen LogP contribution < -0.4 is 14.3 Å². The molecule has 4 rings (SSSR count). The smallest absolute Gasteiger partial charge is 0.522 e. The number of benzene rings is 1. The standard InChI is InChI=1S/C17H17BN2O5/c21-17(22)15-13(5-4-11-6-7-18(23)25-16(11)15)24-12-9-20(10-12)14-3-1-2-8-19-14/h1-5,8,12,23H,6-7,9-10H2,(H,21,22). The Morgan fingerprint density at radius 2 is 2.16 bits per heavy atom. The molecule has 0 unspecified atom stereocenters. The summed E-state index contributed by atoms with van der Waals surface area (Å²) in [4.78, 5) is 18.1. The Labute approximate surface area is 145 Å². The third kappa shape index (κ3) is 3.00. The van der Waals surface area contributed by atoms with Crippen LogP contribution in [-0.2, 0) is 6.42 Å². The Balaban J connectivity index is 1.52. The summed E-state index contributed by atoms with van der Waals surface area (Å²) in [5, 5.41) is 19.3. The lowest BCUT2D eigenvalue weighted by molar-refractivity contribution is 0.0684. The van der Waals surface area contributed by atoms with E-state index in [0.29, 0.717) is 25.8 Å². The summed E-state index contributed by atoms with van der Waals surface area (Å²) in [7, 11) is -0.982. The van der Waals surface area contributed by atoms with Crippen molar-refractivity contribution in [3.05, 3.63) is 47.7 Å². The number of aryl methyl sites for hydroxylation is 1. The minimum absolute atomic E-state index is 0.0208. The van der Waals surface area contributed by atoms with Gasteiger partial charge in [-0.1, -0.05) is 12.1 Å². The number of rotatable bonds is 4. The van der Waals surface area contributed by atoms with Crippen molar-refractivity contribution in [3.8, 4) is 11.5 Å². The van der Waals surface area contributed by atoms with E-state index in [1.54, 1.807) is 18.3 Å². The van der Waals surface area contributed by atoms with Crippen molar-refractivity contribution < 1.29 is 24.3 Å². The second-order valence-electron chi connectivity index (χ2n) is 6.18. The number of nitrogens with zero attached hydrogens (tertiary/aromatic N) is 2. The zero-order valence-corrected chi connectivity index (χ0v) is 13.5. The highest BCUT2D eigenvalue weighted by Crippen LogP contribution is 2.37. The van der Waals surface area contributed by atoms with E-state index in [1.165, 1.54) is 0 Å². The molecule has 2 aromatic rings. The molecule has 0 spiro atoms. The third-order valence-corrected chi connectivity index (χ3v) is 4.44. The summed E-state index contributed by atoms with van der Waals surface area (Å²) in [5.74, 6) is 0.232. The Hall–Kier alpha value is -2.74. The van der Waals surface area contributed by atoms with Gasteiger partial charge in [-0.2, -0.15) is 0 Å². The summed E-state index contributed by atoms with van der Waals surface area (Å²) in [5.41, 5.74) is 0.756. The van der Waals surface area contributed by atoms with Crippen LogP contribution in [0.25, 0.3) is 0 Å². The van der Waals surface area contributed by atoms with Crippen LogP contribution in [0.2, 0.25) is 6.32 Å². The van der Waals surface area contributed by atoms with Crippen LogP contribution in [0.1, 0.15) is 15.9 Å². The van der Waals surface area contributed by atoms with Gasteiger partial charge in [0.25, 0.3) is 0 Å². The Bertz CT molecular complexity index is 795. The maximum Gasteiger partial charge on any atom is 0.522 e. The van der Waals surface area contributed by atoms with E-state index < -0.39 is 13.1 Å². The van der Waals surface area contributed by atoms with E-state index in [9.17, 15) is 14.9 Å². The second-order valence-corrected chi connectivity index (χ2v) is 6.18. The van der Waals surface area contributed by atoms with Crippen molar-refractivity contribution in [2.75, 3.05) is 18.0 Å². The van der Waals surface area contributed by atoms with Gasteiger partial charge in [-0.3, -0.25) is 0 Å². The number of fused-ring (bicyclic) bond motifs is 1. The average Bonchev–Trinajstić information content (AvgIpc) is 2.57. The quantitative estimate of drug-likeness (QED) is 0.814. The van der Waals surface area contributed by atoms with E-state index in [4.69, 9.17) is 9.39 Å². The zero-order valence-electron chi connectivity index (χ0n) is 13.5. The maximum atomic E-state index is 11.7. The largest absolute Gasteiger partial charge is 0.535 e. The minimum atomic E-state index is -1.12. The van der Waals surface area contributed by atoms with Crippen molar-refractivity contribution in [1.29, 1.82) is 0 Å². The molecule has 0 radical (unpaired) electrons. The number of ether oxygens (including phenoxy) is 1. The first-order valence-electron chi connectivity index (χ1n) is 8.18. The molecule has 0 aliphatic carbocycles. The first kappa shape index (κ1) is 15.8. The predicted molar refractivity (Wildman–Crippen MR) is 91.4 cm³/mol. The van der Waals surface area contributed by atoms with Gasteiger partial charge in [0.1, 0.15) is 29.0 Å². The number of pyridine rings is 1. The van der Waals surface area contributed by atoms with Crippen LogP contribution in [0.15, 0.2) is 36.5 Å². The molecule has 3 heterocycles. The molecule has 128 valence electrons. The van der Waals surface area contributed by atoms with Gasteiger partial charge in [-0.15, -0.1) is 0 Å². The fraction of sp³-hybridized carbons (Fsp3) is 0.294. The lowest BCUT2D eigenvalue weighted by atomic mass is 9.78. The first-order chi connectivity index (χ1) is 12.1. The molecule has 2 aliphatic rings. The van der Waals surface area contributed by atoms with Gasteiger partial charge in [0.05, 0.1) is 13.1 Å². The monoisotopic (exact) mass is 340 g/mol. The van der Waals surface area contributed by atoms with Crippen LogP contribution in [0, 0.1) is 0 Å². The molecular formula is C17H17BN2O5. The maximum absolute atomic E-state index is 11.7. The van der Waals surface area contributed by atoms with E-state index in [-0.39, 0.29) is 23.2 Å². The number of aromatic nitrogens is 1. The van der Waals surface area contributed by atoms with E-state index in [0.717, 1.165) is 11.4 Å². The van der Waals surface area contributed by atoms with Crippen LogP contribution in [-0.4, -0.2) is 47.4 Å². The van der Waals surface area contributed by atoms with Crippen molar-refractivity contribution in [3.63, 3.8) is 0 Å². The molecule has 1 saturated heterocycles. The van der Waals surface area contributed by atoms with Crippen molar-refractivity contribution in [2.45, 2.75) is 18.8 Å².